The number of rotatable bonds is 6. The van der Waals surface area contributed by atoms with Crippen molar-refractivity contribution in [2.24, 2.45) is 0 Å². The number of halogens is 1. The van der Waals surface area contributed by atoms with Crippen molar-refractivity contribution in [1.29, 1.82) is 0 Å². The summed E-state index contributed by atoms with van der Waals surface area (Å²) in [7, 11) is 1.33. The molecule has 8 heteroatoms. The van der Waals surface area contributed by atoms with Crippen molar-refractivity contribution in [3.8, 4) is 5.75 Å². The summed E-state index contributed by atoms with van der Waals surface area (Å²) in [4.78, 5) is 11.3. The number of thioether (sulfide) groups is 1. The molecule has 0 spiro atoms. The molecule has 0 fully saturated rings. The first-order chi connectivity index (χ1) is 10.1. The number of nitrogens with zero attached hydrogens (tertiary/aromatic N) is 2. The highest BCUT2D eigenvalue weighted by Gasteiger charge is 2.18. The van der Waals surface area contributed by atoms with Gasteiger partial charge in [-0.3, -0.25) is 4.79 Å². The summed E-state index contributed by atoms with van der Waals surface area (Å²) in [6.07, 6.45) is 0. The summed E-state index contributed by atoms with van der Waals surface area (Å²) < 4.78 is 15.5. The lowest BCUT2D eigenvalue weighted by molar-refractivity contribution is -0.139. The van der Waals surface area contributed by atoms with Gasteiger partial charge >= 0.3 is 5.97 Å². The second-order valence-corrected chi connectivity index (χ2v) is 5.72. The van der Waals surface area contributed by atoms with E-state index in [1.807, 2.05) is 0 Å². The second-order valence-electron chi connectivity index (χ2n) is 3.99. The first kappa shape index (κ1) is 15.7. The van der Waals surface area contributed by atoms with Crippen molar-refractivity contribution >= 4 is 29.3 Å². The Morgan fingerprint density at radius 3 is 2.76 bits per heavy atom. The Morgan fingerprint density at radius 2 is 2.10 bits per heavy atom. The maximum atomic E-state index is 11.3. The molecular weight excluding hydrogens is 316 g/mol. The summed E-state index contributed by atoms with van der Waals surface area (Å²) in [6.45, 7) is 1.84. The van der Waals surface area contributed by atoms with Gasteiger partial charge in [0, 0.05) is 5.02 Å². The Balaban J connectivity index is 1.88. The highest BCUT2D eigenvalue weighted by Crippen LogP contribution is 2.23. The van der Waals surface area contributed by atoms with E-state index in [1.165, 1.54) is 7.11 Å². The smallest absolute Gasteiger partial charge is 0.319 e. The van der Waals surface area contributed by atoms with E-state index >= 15 is 0 Å². The predicted molar refractivity (Wildman–Crippen MR) is 77.4 cm³/mol. The summed E-state index contributed by atoms with van der Waals surface area (Å²) in [5.41, 5.74) is 0. The maximum absolute atomic E-state index is 11.3. The van der Waals surface area contributed by atoms with E-state index in [-0.39, 0.29) is 12.6 Å². The van der Waals surface area contributed by atoms with Crippen molar-refractivity contribution in [3.05, 3.63) is 35.2 Å². The number of hydrogen-bond donors (Lipinski definition) is 0. The second kappa shape index (κ2) is 7.33. The van der Waals surface area contributed by atoms with Crippen molar-refractivity contribution in [2.75, 3.05) is 7.11 Å². The van der Waals surface area contributed by atoms with E-state index in [1.54, 1.807) is 31.2 Å². The number of aromatic nitrogens is 2. The average Bonchev–Trinajstić information content (AvgIpc) is 2.93. The van der Waals surface area contributed by atoms with E-state index in [9.17, 15) is 4.79 Å². The fraction of sp³-hybridized carbons (Fsp3) is 0.308. The molecular formula is C13H13ClN2O4S. The van der Waals surface area contributed by atoms with Crippen molar-refractivity contribution < 1.29 is 18.7 Å². The Morgan fingerprint density at radius 1 is 1.38 bits per heavy atom. The molecule has 1 aromatic carbocycles. The summed E-state index contributed by atoms with van der Waals surface area (Å²) in [6, 6.07) is 6.94. The normalized spacial score (nSPS) is 12.0. The van der Waals surface area contributed by atoms with Gasteiger partial charge in [-0.05, 0) is 31.2 Å². The van der Waals surface area contributed by atoms with E-state index in [0.29, 0.717) is 21.9 Å². The minimum Gasteiger partial charge on any atom is -0.484 e. The van der Waals surface area contributed by atoms with Crippen LogP contribution < -0.4 is 4.74 Å². The molecule has 2 rings (SSSR count). The number of ether oxygens (including phenoxy) is 2. The molecule has 0 amide bonds. The average molecular weight is 329 g/mol. The SMILES string of the molecule is COC(=O)C(C)Sc1nnc(COc2ccc(Cl)cc2)o1. The van der Waals surface area contributed by atoms with Crippen LogP contribution in [0.2, 0.25) is 5.02 Å². The molecule has 0 aliphatic heterocycles. The highest BCUT2D eigenvalue weighted by atomic mass is 35.5. The minimum atomic E-state index is -0.416. The maximum Gasteiger partial charge on any atom is 0.319 e. The standard InChI is InChI=1S/C13H13ClN2O4S/c1-8(12(17)18-2)21-13-16-15-11(20-13)7-19-10-5-3-9(14)4-6-10/h3-6,8H,7H2,1-2H3. The van der Waals surface area contributed by atoms with Crippen LogP contribution in [0, 0.1) is 0 Å². The van der Waals surface area contributed by atoms with Crippen LogP contribution in [-0.2, 0) is 16.1 Å². The van der Waals surface area contributed by atoms with E-state index in [4.69, 9.17) is 20.8 Å². The quantitative estimate of drug-likeness (QED) is 0.596. The van der Waals surface area contributed by atoms with Crippen LogP contribution in [-0.4, -0.2) is 28.5 Å². The zero-order valence-corrected chi connectivity index (χ0v) is 13.0. The van der Waals surface area contributed by atoms with Gasteiger partial charge in [0.25, 0.3) is 11.1 Å². The molecule has 6 nitrogen and oxygen atoms in total. The molecule has 0 saturated carbocycles. The number of methoxy groups -OCH3 is 1. The molecule has 1 aromatic heterocycles. The van der Waals surface area contributed by atoms with Crippen LogP contribution in [0.1, 0.15) is 12.8 Å². The zero-order chi connectivity index (χ0) is 15.2. The topological polar surface area (TPSA) is 74.5 Å². The lowest BCUT2D eigenvalue weighted by Crippen LogP contribution is -2.14. The summed E-state index contributed by atoms with van der Waals surface area (Å²) in [5, 5.41) is 8.20. The van der Waals surface area contributed by atoms with Gasteiger partial charge in [-0.1, -0.05) is 23.4 Å². The van der Waals surface area contributed by atoms with Gasteiger partial charge in [0.15, 0.2) is 6.61 Å². The van der Waals surface area contributed by atoms with Gasteiger partial charge in [-0.2, -0.15) is 0 Å². The largest absolute Gasteiger partial charge is 0.484 e. The van der Waals surface area contributed by atoms with Gasteiger partial charge < -0.3 is 13.9 Å². The number of carbonyl (C=O) groups excluding carboxylic acids is 1. The van der Waals surface area contributed by atoms with Crippen LogP contribution >= 0.6 is 23.4 Å². The minimum absolute atomic E-state index is 0.141. The van der Waals surface area contributed by atoms with Gasteiger partial charge in [0.2, 0.25) is 0 Å². The number of hydrogen-bond acceptors (Lipinski definition) is 7. The molecule has 0 aliphatic rings. The van der Waals surface area contributed by atoms with Crippen LogP contribution in [0.5, 0.6) is 5.75 Å². The summed E-state index contributed by atoms with van der Waals surface area (Å²) in [5.74, 6) is 0.622. The molecule has 1 atom stereocenters. The Bertz CT molecular complexity index is 602. The van der Waals surface area contributed by atoms with Crippen molar-refractivity contribution in [2.45, 2.75) is 24.0 Å². The Kier molecular flexibility index (Phi) is 5.46. The van der Waals surface area contributed by atoms with Crippen molar-refractivity contribution in [3.63, 3.8) is 0 Å². The molecule has 21 heavy (non-hydrogen) atoms. The van der Waals surface area contributed by atoms with Gasteiger partial charge in [0.05, 0.1) is 7.11 Å². The predicted octanol–water partition coefficient (Wildman–Crippen LogP) is 2.96. The summed E-state index contributed by atoms with van der Waals surface area (Å²) >= 11 is 6.91. The van der Waals surface area contributed by atoms with Crippen LogP contribution in [0.15, 0.2) is 33.9 Å². The van der Waals surface area contributed by atoms with Crippen LogP contribution in [0.4, 0.5) is 0 Å². The first-order valence-corrected chi connectivity index (χ1v) is 7.29. The lowest BCUT2D eigenvalue weighted by atomic mass is 10.3. The fourth-order valence-electron chi connectivity index (χ4n) is 1.39. The number of esters is 1. The molecule has 112 valence electrons. The molecule has 0 bridgehead atoms. The molecule has 0 radical (unpaired) electrons. The van der Waals surface area contributed by atoms with E-state index < -0.39 is 5.25 Å². The lowest BCUT2D eigenvalue weighted by Gasteiger charge is -2.04. The number of carbonyl (C=O) groups is 1. The van der Waals surface area contributed by atoms with Gasteiger partial charge in [-0.25, -0.2) is 0 Å². The molecule has 0 saturated heterocycles. The zero-order valence-electron chi connectivity index (χ0n) is 11.4. The van der Waals surface area contributed by atoms with Gasteiger partial charge in [0.1, 0.15) is 11.0 Å². The number of benzene rings is 1. The Labute approximate surface area is 130 Å². The third-order valence-corrected chi connectivity index (χ3v) is 3.60. The first-order valence-electron chi connectivity index (χ1n) is 6.03. The molecule has 1 unspecified atom stereocenters. The molecule has 0 N–H and O–H groups in total. The molecule has 2 aromatic rings. The van der Waals surface area contributed by atoms with Crippen LogP contribution in [0.3, 0.4) is 0 Å². The fourth-order valence-corrected chi connectivity index (χ4v) is 2.24. The third-order valence-electron chi connectivity index (χ3n) is 2.43. The molecule has 1 heterocycles. The van der Waals surface area contributed by atoms with E-state index in [2.05, 4.69) is 14.9 Å². The van der Waals surface area contributed by atoms with E-state index in [0.717, 1.165) is 11.8 Å². The Hall–Kier alpha value is -1.73. The third kappa shape index (κ3) is 4.64. The van der Waals surface area contributed by atoms with Crippen LogP contribution in [0.25, 0.3) is 0 Å². The van der Waals surface area contributed by atoms with Crippen molar-refractivity contribution in [1.82, 2.24) is 10.2 Å². The van der Waals surface area contributed by atoms with Gasteiger partial charge in [-0.15, -0.1) is 10.2 Å². The monoisotopic (exact) mass is 328 g/mol. The molecule has 0 aliphatic carbocycles. The highest BCUT2D eigenvalue weighted by molar-refractivity contribution is 8.00.